The lowest BCUT2D eigenvalue weighted by atomic mass is 10.2. The SMILES string of the molecule is O=C(Nc1ccnn1C1CCCC1)c1cccc(S(=O)(=O)N2CCCCCC2)c1. The Bertz CT molecular complexity index is 956. The largest absolute Gasteiger partial charge is 0.307 e. The van der Waals surface area contributed by atoms with Gasteiger partial charge in [0.15, 0.2) is 0 Å². The summed E-state index contributed by atoms with van der Waals surface area (Å²) in [6.45, 7) is 1.08. The second kappa shape index (κ2) is 8.67. The number of anilines is 1. The number of nitrogens with one attached hydrogen (secondary N) is 1. The third-order valence-electron chi connectivity index (χ3n) is 5.88. The normalized spacial score (nSPS) is 19.2. The Hall–Kier alpha value is -2.19. The highest BCUT2D eigenvalue weighted by Gasteiger charge is 2.26. The van der Waals surface area contributed by atoms with Crippen LogP contribution in [0.4, 0.5) is 5.82 Å². The topological polar surface area (TPSA) is 84.3 Å². The highest BCUT2D eigenvalue weighted by Crippen LogP contribution is 2.31. The van der Waals surface area contributed by atoms with Crippen LogP contribution in [0.25, 0.3) is 0 Å². The lowest BCUT2D eigenvalue weighted by molar-refractivity contribution is 0.102. The molecule has 1 aliphatic carbocycles. The van der Waals surface area contributed by atoms with Crippen LogP contribution in [-0.4, -0.2) is 41.5 Å². The summed E-state index contributed by atoms with van der Waals surface area (Å²) in [6.07, 6.45) is 10.0. The molecule has 0 unspecified atom stereocenters. The molecule has 0 radical (unpaired) electrons. The molecule has 0 atom stereocenters. The molecule has 1 N–H and O–H groups in total. The van der Waals surface area contributed by atoms with Gasteiger partial charge in [-0.25, -0.2) is 13.1 Å². The van der Waals surface area contributed by atoms with Gasteiger partial charge in [-0.1, -0.05) is 31.7 Å². The summed E-state index contributed by atoms with van der Waals surface area (Å²) in [5, 5.41) is 7.28. The molecule has 0 spiro atoms. The van der Waals surface area contributed by atoms with E-state index in [1.165, 1.54) is 18.9 Å². The quantitative estimate of drug-likeness (QED) is 0.803. The minimum Gasteiger partial charge on any atom is -0.307 e. The summed E-state index contributed by atoms with van der Waals surface area (Å²) in [5.74, 6) is 0.334. The number of hydrogen-bond donors (Lipinski definition) is 1. The van der Waals surface area contributed by atoms with Gasteiger partial charge in [-0.3, -0.25) is 4.79 Å². The Morgan fingerprint density at radius 2 is 1.72 bits per heavy atom. The molecule has 7 nitrogen and oxygen atoms in total. The average Bonchev–Trinajstić information content (AvgIpc) is 3.33. The zero-order valence-corrected chi connectivity index (χ0v) is 17.4. The molecule has 1 aromatic carbocycles. The number of sulfonamides is 1. The summed E-state index contributed by atoms with van der Waals surface area (Å²) in [5.41, 5.74) is 0.333. The standard InChI is InChI=1S/C21H28N4O3S/c26-21(23-20-12-13-22-25(20)18-9-3-4-10-18)17-8-7-11-19(16-17)29(27,28)24-14-5-1-2-6-15-24/h7-8,11-13,16,18H,1-6,9-10,14-15H2,(H,23,26). The Morgan fingerprint density at radius 1 is 1.00 bits per heavy atom. The van der Waals surface area contributed by atoms with Crippen molar-refractivity contribution >= 4 is 21.7 Å². The van der Waals surface area contributed by atoms with Crippen molar-refractivity contribution in [1.29, 1.82) is 0 Å². The van der Waals surface area contributed by atoms with E-state index in [0.29, 0.717) is 30.5 Å². The van der Waals surface area contributed by atoms with Crippen molar-refractivity contribution in [2.24, 2.45) is 0 Å². The van der Waals surface area contributed by atoms with E-state index >= 15 is 0 Å². The smallest absolute Gasteiger partial charge is 0.256 e. The molecule has 4 rings (SSSR count). The predicted octanol–water partition coefficient (Wildman–Crippen LogP) is 3.82. The first-order valence-electron chi connectivity index (χ1n) is 10.5. The molecule has 1 saturated carbocycles. The molecule has 2 aromatic rings. The van der Waals surface area contributed by atoms with Crippen molar-refractivity contribution in [2.45, 2.75) is 62.3 Å². The molecule has 1 saturated heterocycles. The zero-order chi connectivity index (χ0) is 20.3. The molecular weight excluding hydrogens is 388 g/mol. The number of carbonyl (C=O) groups is 1. The number of rotatable bonds is 5. The van der Waals surface area contributed by atoms with Crippen molar-refractivity contribution in [3.8, 4) is 0 Å². The lowest BCUT2D eigenvalue weighted by Crippen LogP contribution is -2.32. The Kier molecular flexibility index (Phi) is 6.01. The van der Waals surface area contributed by atoms with Crippen molar-refractivity contribution in [2.75, 3.05) is 18.4 Å². The van der Waals surface area contributed by atoms with Gasteiger partial charge in [0.2, 0.25) is 10.0 Å². The maximum Gasteiger partial charge on any atom is 0.256 e. The lowest BCUT2D eigenvalue weighted by Gasteiger charge is -2.20. The van der Waals surface area contributed by atoms with Gasteiger partial charge in [0, 0.05) is 24.7 Å². The van der Waals surface area contributed by atoms with Crippen LogP contribution in [0.5, 0.6) is 0 Å². The molecule has 1 aromatic heterocycles. The van der Waals surface area contributed by atoms with Crippen LogP contribution in [0.15, 0.2) is 41.4 Å². The first-order chi connectivity index (χ1) is 14.1. The Morgan fingerprint density at radius 3 is 2.45 bits per heavy atom. The van der Waals surface area contributed by atoms with Crippen molar-refractivity contribution in [1.82, 2.24) is 14.1 Å². The average molecular weight is 417 g/mol. The van der Waals surface area contributed by atoms with Crippen molar-refractivity contribution < 1.29 is 13.2 Å². The Balaban J connectivity index is 1.53. The van der Waals surface area contributed by atoms with Gasteiger partial charge in [-0.2, -0.15) is 9.40 Å². The molecular formula is C21H28N4O3S. The van der Waals surface area contributed by atoms with Gasteiger partial charge >= 0.3 is 0 Å². The second-order valence-corrected chi connectivity index (χ2v) is 9.84. The van der Waals surface area contributed by atoms with Gasteiger partial charge < -0.3 is 5.32 Å². The minimum atomic E-state index is -3.59. The summed E-state index contributed by atoms with van der Waals surface area (Å²) >= 11 is 0. The van der Waals surface area contributed by atoms with E-state index in [9.17, 15) is 13.2 Å². The van der Waals surface area contributed by atoms with Crippen LogP contribution in [0.2, 0.25) is 0 Å². The van der Waals surface area contributed by atoms with Crippen molar-refractivity contribution in [3.05, 3.63) is 42.1 Å². The van der Waals surface area contributed by atoms with Crippen LogP contribution >= 0.6 is 0 Å². The molecule has 2 heterocycles. The number of hydrogen-bond acceptors (Lipinski definition) is 4. The maximum atomic E-state index is 13.0. The number of carbonyl (C=O) groups excluding carboxylic acids is 1. The summed E-state index contributed by atoms with van der Waals surface area (Å²) in [7, 11) is -3.59. The molecule has 2 fully saturated rings. The van der Waals surface area contributed by atoms with Gasteiger partial charge in [0.25, 0.3) is 5.91 Å². The highest BCUT2D eigenvalue weighted by atomic mass is 32.2. The van der Waals surface area contributed by atoms with E-state index < -0.39 is 10.0 Å². The highest BCUT2D eigenvalue weighted by molar-refractivity contribution is 7.89. The van der Waals surface area contributed by atoms with E-state index in [2.05, 4.69) is 10.4 Å². The van der Waals surface area contributed by atoms with E-state index in [1.807, 2.05) is 4.68 Å². The van der Waals surface area contributed by atoms with Gasteiger partial charge in [0.1, 0.15) is 5.82 Å². The monoisotopic (exact) mass is 416 g/mol. The molecule has 156 valence electrons. The molecule has 1 amide bonds. The van der Waals surface area contributed by atoms with E-state index in [-0.39, 0.29) is 10.8 Å². The fourth-order valence-electron chi connectivity index (χ4n) is 4.27. The molecule has 1 aliphatic heterocycles. The number of nitrogens with zero attached hydrogens (tertiary/aromatic N) is 3. The van der Waals surface area contributed by atoms with Crippen LogP contribution in [0, 0.1) is 0 Å². The number of aromatic nitrogens is 2. The molecule has 29 heavy (non-hydrogen) atoms. The first kappa shape index (κ1) is 20.1. The van der Waals surface area contributed by atoms with Gasteiger partial charge in [0.05, 0.1) is 17.1 Å². The van der Waals surface area contributed by atoms with E-state index in [4.69, 9.17) is 0 Å². The van der Waals surface area contributed by atoms with E-state index in [1.54, 1.807) is 34.8 Å². The number of benzene rings is 1. The number of amides is 1. The summed E-state index contributed by atoms with van der Waals surface area (Å²) in [4.78, 5) is 13.0. The molecule has 8 heteroatoms. The second-order valence-electron chi connectivity index (χ2n) is 7.90. The predicted molar refractivity (Wildman–Crippen MR) is 111 cm³/mol. The van der Waals surface area contributed by atoms with Crippen LogP contribution < -0.4 is 5.32 Å². The fraction of sp³-hybridized carbons (Fsp3) is 0.524. The van der Waals surface area contributed by atoms with Gasteiger partial charge in [-0.15, -0.1) is 0 Å². The van der Waals surface area contributed by atoms with Crippen LogP contribution in [0.3, 0.4) is 0 Å². The van der Waals surface area contributed by atoms with Gasteiger partial charge in [-0.05, 0) is 43.9 Å². The first-order valence-corrected chi connectivity index (χ1v) is 11.9. The summed E-state index contributed by atoms with van der Waals surface area (Å²) in [6, 6.07) is 8.43. The molecule has 2 aliphatic rings. The van der Waals surface area contributed by atoms with Crippen LogP contribution in [-0.2, 0) is 10.0 Å². The van der Waals surface area contributed by atoms with Crippen molar-refractivity contribution in [3.63, 3.8) is 0 Å². The third kappa shape index (κ3) is 4.38. The summed E-state index contributed by atoms with van der Waals surface area (Å²) < 4.78 is 29.5. The zero-order valence-electron chi connectivity index (χ0n) is 16.6. The fourth-order valence-corrected chi connectivity index (χ4v) is 5.83. The van der Waals surface area contributed by atoms with E-state index in [0.717, 1.165) is 38.5 Å². The maximum absolute atomic E-state index is 13.0. The minimum absolute atomic E-state index is 0.177. The third-order valence-corrected chi connectivity index (χ3v) is 7.78. The molecule has 0 bridgehead atoms. The Labute approximate surface area is 172 Å². The van der Waals surface area contributed by atoms with Crippen LogP contribution in [0.1, 0.15) is 67.8 Å².